The van der Waals surface area contributed by atoms with Crippen LogP contribution in [0.5, 0.6) is 0 Å². The highest BCUT2D eigenvalue weighted by molar-refractivity contribution is 6.76. The van der Waals surface area contributed by atoms with Crippen LogP contribution < -0.4 is 10.6 Å². The predicted octanol–water partition coefficient (Wildman–Crippen LogP) is 3.12. The molecule has 0 bridgehead atoms. The molecule has 1 aliphatic carbocycles. The number of rotatable bonds is 8. The second-order valence-corrected chi connectivity index (χ2v) is 13.1. The van der Waals surface area contributed by atoms with E-state index in [2.05, 4.69) is 35.0 Å². The summed E-state index contributed by atoms with van der Waals surface area (Å²) in [4.78, 5) is 11.2. The molecular weight excluding hydrogens is 306 g/mol. The van der Waals surface area contributed by atoms with Crippen molar-refractivity contribution in [2.24, 2.45) is 5.92 Å². The summed E-state index contributed by atoms with van der Waals surface area (Å²) in [6, 6.07) is 1.15. The summed E-state index contributed by atoms with van der Waals surface area (Å²) in [6.07, 6.45) is -1.90. The van der Waals surface area contributed by atoms with Crippen molar-refractivity contribution in [3.63, 3.8) is 0 Å². The van der Waals surface area contributed by atoms with Gasteiger partial charge in [0, 0.05) is 20.7 Å². The number of nitrogens with one attached hydrogen (secondary N) is 2. The van der Waals surface area contributed by atoms with Crippen LogP contribution in [-0.4, -0.2) is 52.8 Å². The largest absolute Gasteiger partial charge is 0.453 e. The molecule has 0 aromatic heterocycles. The highest BCUT2D eigenvalue weighted by atomic mass is 28.3. The molecule has 1 saturated carbocycles. The standard InChI is InChI=1S/C15H30F2N2O2Si/c1-21-15(20)19-10-12(18-5-6-22(2,3)4)7-11-8-13(16)14(17)9-11/h11-14,18H,5-10H2,1-4H3,(H,19,20). The molecule has 1 amide bonds. The van der Waals surface area contributed by atoms with E-state index in [0.29, 0.717) is 13.0 Å². The highest BCUT2D eigenvalue weighted by Gasteiger charge is 2.35. The van der Waals surface area contributed by atoms with Gasteiger partial charge in [-0.1, -0.05) is 19.6 Å². The van der Waals surface area contributed by atoms with Crippen molar-refractivity contribution in [1.29, 1.82) is 0 Å². The topological polar surface area (TPSA) is 50.4 Å². The van der Waals surface area contributed by atoms with E-state index in [1.165, 1.54) is 7.11 Å². The third-order valence-electron chi connectivity index (χ3n) is 4.11. The fourth-order valence-electron chi connectivity index (χ4n) is 2.79. The number of ether oxygens (including phenoxy) is 1. The van der Waals surface area contributed by atoms with Crippen LogP contribution >= 0.6 is 0 Å². The van der Waals surface area contributed by atoms with Gasteiger partial charge in [-0.25, -0.2) is 13.6 Å². The fraction of sp³-hybridized carbons (Fsp3) is 0.933. The molecule has 0 saturated heterocycles. The Kier molecular flexibility index (Phi) is 7.75. The lowest BCUT2D eigenvalue weighted by atomic mass is 9.98. The Balaban J connectivity index is 2.44. The summed E-state index contributed by atoms with van der Waals surface area (Å²) in [5.41, 5.74) is 0. The molecule has 1 aliphatic rings. The Morgan fingerprint density at radius 2 is 1.86 bits per heavy atom. The van der Waals surface area contributed by atoms with Gasteiger partial charge in [-0.2, -0.15) is 0 Å². The molecule has 0 aromatic rings. The van der Waals surface area contributed by atoms with Gasteiger partial charge in [-0.05, 0) is 37.8 Å². The lowest BCUT2D eigenvalue weighted by molar-refractivity contribution is 0.169. The van der Waals surface area contributed by atoms with Gasteiger partial charge >= 0.3 is 6.09 Å². The van der Waals surface area contributed by atoms with E-state index in [1.54, 1.807) is 0 Å². The first kappa shape index (κ1) is 19.4. The quantitative estimate of drug-likeness (QED) is 0.670. The van der Waals surface area contributed by atoms with Crippen molar-refractivity contribution in [3.05, 3.63) is 0 Å². The number of carbonyl (C=O) groups is 1. The van der Waals surface area contributed by atoms with Crippen molar-refractivity contribution in [1.82, 2.24) is 10.6 Å². The molecule has 0 aromatic carbocycles. The van der Waals surface area contributed by atoms with Crippen molar-refractivity contribution >= 4 is 14.2 Å². The number of carbonyl (C=O) groups excluding carboxylic acids is 1. The Labute approximate surface area is 133 Å². The zero-order chi connectivity index (χ0) is 16.8. The molecule has 0 spiro atoms. The molecule has 130 valence electrons. The van der Waals surface area contributed by atoms with Gasteiger partial charge in [-0.3, -0.25) is 0 Å². The first-order valence-corrected chi connectivity index (χ1v) is 11.8. The maximum Gasteiger partial charge on any atom is 0.406 e. The van der Waals surface area contributed by atoms with Crippen LogP contribution in [0.2, 0.25) is 25.7 Å². The molecule has 22 heavy (non-hydrogen) atoms. The molecule has 3 atom stereocenters. The van der Waals surface area contributed by atoms with E-state index >= 15 is 0 Å². The van der Waals surface area contributed by atoms with E-state index in [4.69, 9.17) is 0 Å². The average Bonchev–Trinajstić information content (AvgIpc) is 2.72. The van der Waals surface area contributed by atoms with Crippen LogP contribution in [-0.2, 0) is 4.74 Å². The summed E-state index contributed by atoms with van der Waals surface area (Å²) in [5, 5.41) is 6.11. The minimum atomic E-state index is -1.33. The second-order valence-electron chi connectivity index (χ2n) is 7.44. The van der Waals surface area contributed by atoms with Crippen LogP contribution in [0.1, 0.15) is 19.3 Å². The van der Waals surface area contributed by atoms with Crippen LogP contribution in [0, 0.1) is 5.92 Å². The number of methoxy groups -OCH3 is 1. The van der Waals surface area contributed by atoms with Gasteiger partial charge in [0.25, 0.3) is 0 Å². The Morgan fingerprint density at radius 1 is 1.27 bits per heavy atom. The normalized spacial score (nSPS) is 26.7. The molecule has 1 fully saturated rings. The summed E-state index contributed by atoms with van der Waals surface area (Å²) in [6.45, 7) is 8.19. The average molecular weight is 336 g/mol. The number of amides is 1. The number of alkyl carbamates (subject to hydrolysis) is 1. The predicted molar refractivity (Wildman–Crippen MR) is 87.5 cm³/mol. The fourth-order valence-corrected chi connectivity index (χ4v) is 3.69. The van der Waals surface area contributed by atoms with E-state index < -0.39 is 26.5 Å². The van der Waals surface area contributed by atoms with Gasteiger partial charge in [0.1, 0.15) is 12.3 Å². The van der Waals surface area contributed by atoms with Crippen LogP contribution in [0.15, 0.2) is 0 Å². The molecule has 0 radical (unpaired) electrons. The summed E-state index contributed by atoms with van der Waals surface area (Å²) in [5.74, 6) is 0.0360. The number of halogens is 2. The Morgan fingerprint density at radius 3 is 2.36 bits per heavy atom. The zero-order valence-corrected chi connectivity index (χ0v) is 15.1. The third-order valence-corrected chi connectivity index (χ3v) is 5.86. The first-order chi connectivity index (χ1) is 10.2. The molecule has 7 heteroatoms. The van der Waals surface area contributed by atoms with Crippen LogP contribution in [0.3, 0.4) is 0 Å². The number of hydrogen-bond donors (Lipinski definition) is 2. The highest BCUT2D eigenvalue weighted by Crippen LogP contribution is 2.33. The van der Waals surface area contributed by atoms with Crippen molar-refractivity contribution in [2.75, 3.05) is 20.2 Å². The summed E-state index contributed by atoms with van der Waals surface area (Å²) < 4.78 is 31.2. The number of hydrogen-bond acceptors (Lipinski definition) is 3. The van der Waals surface area contributed by atoms with Gasteiger partial charge < -0.3 is 15.4 Å². The molecule has 3 unspecified atom stereocenters. The smallest absolute Gasteiger partial charge is 0.406 e. The first-order valence-electron chi connectivity index (χ1n) is 8.04. The maximum atomic E-state index is 13.3. The SMILES string of the molecule is COC(=O)NCC(CC1CC(F)C(F)C1)NCC[Si](C)(C)C. The Hall–Kier alpha value is -0.693. The van der Waals surface area contributed by atoms with Gasteiger partial charge in [-0.15, -0.1) is 0 Å². The van der Waals surface area contributed by atoms with E-state index in [9.17, 15) is 13.6 Å². The monoisotopic (exact) mass is 336 g/mol. The van der Waals surface area contributed by atoms with Crippen molar-refractivity contribution < 1.29 is 18.3 Å². The molecular formula is C15H30F2N2O2Si. The lowest BCUT2D eigenvalue weighted by Gasteiger charge is -2.24. The maximum absolute atomic E-state index is 13.3. The molecule has 2 N–H and O–H groups in total. The second kappa shape index (κ2) is 8.81. The zero-order valence-electron chi connectivity index (χ0n) is 14.1. The van der Waals surface area contributed by atoms with E-state index in [0.717, 1.165) is 12.6 Å². The van der Waals surface area contributed by atoms with Gasteiger partial charge in [0.15, 0.2) is 0 Å². The third kappa shape index (κ3) is 7.53. The lowest BCUT2D eigenvalue weighted by Crippen LogP contribution is -2.43. The van der Waals surface area contributed by atoms with Gasteiger partial charge in [0.2, 0.25) is 0 Å². The molecule has 1 rings (SSSR count). The van der Waals surface area contributed by atoms with Crippen LogP contribution in [0.25, 0.3) is 0 Å². The molecule has 0 heterocycles. The minimum Gasteiger partial charge on any atom is -0.453 e. The van der Waals surface area contributed by atoms with E-state index in [-0.39, 0.29) is 24.8 Å². The summed E-state index contributed by atoms with van der Waals surface area (Å²) >= 11 is 0. The molecule has 0 aliphatic heterocycles. The van der Waals surface area contributed by atoms with Gasteiger partial charge in [0.05, 0.1) is 7.11 Å². The van der Waals surface area contributed by atoms with E-state index in [1.807, 2.05) is 0 Å². The number of alkyl halides is 2. The Bertz CT molecular complexity index is 343. The molecule has 4 nitrogen and oxygen atoms in total. The minimum absolute atomic E-state index is 0.0259. The van der Waals surface area contributed by atoms with Crippen LogP contribution in [0.4, 0.5) is 13.6 Å². The summed E-state index contributed by atoms with van der Waals surface area (Å²) in [7, 11) is 0.184. The van der Waals surface area contributed by atoms with Crippen molar-refractivity contribution in [2.45, 2.75) is 63.3 Å². The van der Waals surface area contributed by atoms with Crippen molar-refractivity contribution in [3.8, 4) is 0 Å².